The van der Waals surface area contributed by atoms with Crippen molar-refractivity contribution in [3.63, 3.8) is 0 Å². The molecule has 1 N–H and O–H groups in total. The molecule has 1 aliphatic rings. The predicted molar refractivity (Wildman–Crippen MR) is 68.5 cm³/mol. The Bertz CT molecular complexity index is 370. The number of pyridine rings is 1. The molecule has 1 aromatic heterocycles. The fourth-order valence-corrected chi connectivity index (χ4v) is 2.61. The number of nitrogens with zero attached hydrogens (tertiary/aromatic N) is 2. The van der Waals surface area contributed by atoms with Crippen LogP contribution in [0.25, 0.3) is 0 Å². The van der Waals surface area contributed by atoms with Gasteiger partial charge in [0.05, 0.1) is 6.61 Å². The zero-order valence-corrected chi connectivity index (χ0v) is 11.1. The van der Waals surface area contributed by atoms with E-state index in [0.717, 1.165) is 34.9 Å². The normalized spacial score (nSPS) is 20.4. The van der Waals surface area contributed by atoms with E-state index >= 15 is 0 Å². The highest BCUT2D eigenvalue weighted by Gasteiger charge is 2.23. The van der Waals surface area contributed by atoms with Gasteiger partial charge in [0.25, 0.3) is 0 Å². The standard InChI is InChI=1S/C12H17BrN2O/c1-2-9-3-4-15(7-9)12-10(8-16)5-11(13)6-14-12/h5-6,9,16H,2-4,7-8H2,1H3. The second-order valence-electron chi connectivity index (χ2n) is 4.30. The first kappa shape index (κ1) is 11.9. The van der Waals surface area contributed by atoms with E-state index in [2.05, 4.69) is 32.7 Å². The molecule has 0 radical (unpaired) electrons. The Kier molecular flexibility index (Phi) is 3.82. The molecule has 2 heterocycles. The maximum Gasteiger partial charge on any atom is 0.134 e. The first-order chi connectivity index (χ1) is 7.74. The highest BCUT2D eigenvalue weighted by atomic mass is 79.9. The van der Waals surface area contributed by atoms with Crippen molar-refractivity contribution in [2.24, 2.45) is 5.92 Å². The Balaban J connectivity index is 2.20. The number of hydrogen-bond acceptors (Lipinski definition) is 3. The van der Waals surface area contributed by atoms with Crippen LogP contribution in [-0.4, -0.2) is 23.2 Å². The van der Waals surface area contributed by atoms with E-state index in [9.17, 15) is 5.11 Å². The van der Waals surface area contributed by atoms with Gasteiger partial charge in [0.15, 0.2) is 0 Å². The molecule has 0 spiro atoms. The largest absolute Gasteiger partial charge is 0.392 e. The molecule has 3 nitrogen and oxygen atoms in total. The van der Waals surface area contributed by atoms with E-state index in [1.807, 2.05) is 6.07 Å². The Morgan fingerprint density at radius 3 is 3.06 bits per heavy atom. The smallest absolute Gasteiger partial charge is 0.134 e. The van der Waals surface area contributed by atoms with Crippen LogP contribution < -0.4 is 4.90 Å². The monoisotopic (exact) mass is 284 g/mol. The molecule has 1 saturated heterocycles. The van der Waals surface area contributed by atoms with Gasteiger partial charge in [-0.3, -0.25) is 0 Å². The lowest BCUT2D eigenvalue weighted by atomic mass is 10.1. The molecule has 0 aromatic carbocycles. The number of aromatic nitrogens is 1. The fourth-order valence-electron chi connectivity index (χ4n) is 2.23. The molecular formula is C12H17BrN2O. The second-order valence-corrected chi connectivity index (χ2v) is 5.22. The summed E-state index contributed by atoms with van der Waals surface area (Å²) in [7, 11) is 0. The Morgan fingerprint density at radius 1 is 1.62 bits per heavy atom. The van der Waals surface area contributed by atoms with Crippen LogP contribution in [0.1, 0.15) is 25.3 Å². The molecule has 1 fully saturated rings. The van der Waals surface area contributed by atoms with Crippen LogP contribution in [0.5, 0.6) is 0 Å². The highest BCUT2D eigenvalue weighted by molar-refractivity contribution is 9.10. The second kappa shape index (κ2) is 5.15. The minimum Gasteiger partial charge on any atom is -0.392 e. The molecule has 4 heteroatoms. The van der Waals surface area contributed by atoms with Gasteiger partial charge >= 0.3 is 0 Å². The lowest BCUT2D eigenvalue weighted by Crippen LogP contribution is -2.22. The van der Waals surface area contributed by atoms with Gasteiger partial charge in [-0.1, -0.05) is 13.3 Å². The van der Waals surface area contributed by atoms with Gasteiger partial charge in [0.1, 0.15) is 5.82 Å². The quantitative estimate of drug-likeness (QED) is 0.927. The predicted octanol–water partition coefficient (Wildman–Crippen LogP) is 2.57. The van der Waals surface area contributed by atoms with E-state index in [-0.39, 0.29) is 6.61 Å². The summed E-state index contributed by atoms with van der Waals surface area (Å²) in [5, 5.41) is 9.34. The molecule has 1 unspecified atom stereocenters. The van der Waals surface area contributed by atoms with Gasteiger partial charge in [-0.05, 0) is 34.3 Å². The molecule has 0 aliphatic carbocycles. The average Bonchev–Trinajstić information content (AvgIpc) is 2.77. The third kappa shape index (κ3) is 2.38. The van der Waals surface area contributed by atoms with Gasteiger partial charge in [0.2, 0.25) is 0 Å². The molecular weight excluding hydrogens is 268 g/mol. The van der Waals surface area contributed by atoms with Crippen LogP contribution in [0.4, 0.5) is 5.82 Å². The first-order valence-corrected chi connectivity index (χ1v) is 6.54. The topological polar surface area (TPSA) is 36.4 Å². The van der Waals surface area contributed by atoms with E-state index in [0.29, 0.717) is 0 Å². The number of halogens is 1. The highest BCUT2D eigenvalue weighted by Crippen LogP contribution is 2.28. The Labute approximate surface area is 105 Å². The summed E-state index contributed by atoms with van der Waals surface area (Å²) >= 11 is 3.38. The maximum atomic E-state index is 9.34. The zero-order chi connectivity index (χ0) is 11.5. The molecule has 1 aromatic rings. The fraction of sp³-hybridized carbons (Fsp3) is 0.583. The van der Waals surface area contributed by atoms with Crippen molar-refractivity contribution in [3.05, 3.63) is 22.3 Å². The van der Waals surface area contributed by atoms with E-state index in [1.165, 1.54) is 12.8 Å². The van der Waals surface area contributed by atoms with Crippen molar-refractivity contribution in [1.29, 1.82) is 0 Å². The summed E-state index contributed by atoms with van der Waals surface area (Å²) < 4.78 is 0.923. The molecule has 1 atom stereocenters. The molecule has 16 heavy (non-hydrogen) atoms. The lowest BCUT2D eigenvalue weighted by molar-refractivity contribution is 0.281. The van der Waals surface area contributed by atoms with Crippen LogP contribution in [0, 0.1) is 5.92 Å². The van der Waals surface area contributed by atoms with E-state index < -0.39 is 0 Å². The molecule has 0 saturated carbocycles. The zero-order valence-electron chi connectivity index (χ0n) is 9.49. The Morgan fingerprint density at radius 2 is 2.44 bits per heavy atom. The lowest BCUT2D eigenvalue weighted by Gasteiger charge is -2.20. The van der Waals surface area contributed by atoms with Crippen molar-refractivity contribution >= 4 is 21.7 Å². The van der Waals surface area contributed by atoms with Crippen LogP contribution in [-0.2, 0) is 6.61 Å². The number of anilines is 1. The maximum absolute atomic E-state index is 9.34. The minimum absolute atomic E-state index is 0.0507. The van der Waals surface area contributed by atoms with Crippen LogP contribution in [0.2, 0.25) is 0 Å². The summed E-state index contributed by atoms with van der Waals surface area (Å²) in [6, 6.07) is 1.95. The molecule has 1 aliphatic heterocycles. The number of aliphatic hydroxyl groups excluding tert-OH is 1. The van der Waals surface area contributed by atoms with E-state index in [4.69, 9.17) is 0 Å². The van der Waals surface area contributed by atoms with E-state index in [1.54, 1.807) is 6.20 Å². The average molecular weight is 285 g/mol. The third-order valence-corrected chi connectivity index (χ3v) is 3.68. The van der Waals surface area contributed by atoms with Gasteiger partial charge in [0, 0.05) is 29.3 Å². The van der Waals surface area contributed by atoms with Gasteiger partial charge in [-0.2, -0.15) is 0 Å². The van der Waals surface area contributed by atoms with Crippen LogP contribution in [0.3, 0.4) is 0 Å². The number of hydrogen-bond donors (Lipinski definition) is 1. The summed E-state index contributed by atoms with van der Waals surface area (Å²) in [5.74, 6) is 1.72. The minimum atomic E-state index is 0.0507. The number of aliphatic hydroxyl groups is 1. The van der Waals surface area contributed by atoms with Crippen molar-refractivity contribution in [3.8, 4) is 0 Å². The molecule has 88 valence electrons. The molecule has 0 amide bonds. The van der Waals surface area contributed by atoms with Gasteiger partial charge < -0.3 is 10.0 Å². The van der Waals surface area contributed by atoms with Crippen molar-refractivity contribution in [2.75, 3.05) is 18.0 Å². The number of rotatable bonds is 3. The Hall–Kier alpha value is -0.610. The van der Waals surface area contributed by atoms with Crippen molar-refractivity contribution < 1.29 is 5.11 Å². The third-order valence-electron chi connectivity index (χ3n) is 3.24. The molecule has 2 rings (SSSR count). The van der Waals surface area contributed by atoms with Crippen molar-refractivity contribution in [1.82, 2.24) is 4.98 Å². The summed E-state index contributed by atoms with van der Waals surface area (Å²) in [5.41, 5.74) is 0.908. The van der Waals surface area contributed by atoms with Crippen LogP contribution >= 0.6 is 15.9 Å². The van der Waals surface area contributed by atoms with Gasteiger partial charge in [-0.15, -0.1) is 0 Å². The summed E-state index contributed by atoms with van der Waals surface area (Å²) in [4.78, 5) is 6.70. The SMILES string of the molecule is CCC1CCN(c2ncc(Br)cc2CO)C1. The first-order valence-electron chi connectivity index (χ1n) is 5.74. The van der Waals surface area contributed by atoms with Gasteiger partial charge in [-0.25, -0.2) is 4.98 Å². The van der Waals surface area contributed by atoms with Crippen molar-refractivity contribution in [2.45, 2.75) is 26.4 Å². The summed E-state index contributed by atoms with van der Waals surface area (Å²) in [6.07, 6.45) is 4.26. The molecule has 0 bridgehead atoms. The summed E-state index contributed by atoms with van der Waals surface area (Å²) in [6.45, 7) is 4.41. The van der Waals surface area contributed by atoms with Crippen LogP contribution in [0.15, 0.2) is 16.7 Å².